The van der Waals surface area contributed by atoms with E-state index in [1.807, 2.05) is 0 Å². The molecule has 1 aromatic rings. The number of ether oxygens (including phenoxy) is 1. The van der Waals surface area contributed by atoms with Crippen LogP contribution in [0.1, 0.15) is 30.6 Å². The van der Waals surface area contributed by atoms with Crippen LogP contribution in [0.4, 0.5) is 5.69 Å². The van der Waals surface area contributed by atoms with E-state index in [0.29, 0.717) is 11.3 Å². The van der Waals surface area contributed by atoms with Gasteiger partial charge < -0.3 is 15.5 Å². The molecule has 1 heterocycles. The number of hydrogen-bond donors (Lipinski definition) is 3. The maximum Gasteiger partial charge on any atom is 0.253 e. The number of anilines is 1. The van der Waals surface area contributed by atoms with Gasteiger partial charge in [-0.05, 0) is 12.5 Å². The third-order valence-electron chi connectivity index (χ3n) is 3.99. The highest BCUT2D eigenvalue weighted by Gasteiger charge is 2.49. The number of rotatable bonds is 4. The van der Waals surface area contributed by atoms with E-state index in [4.69, 9.17) is 10.6 Å². The van der Waals surface area contributed by atoms with Gasteiger partial charge in [-0.15, -0.1) is 0 Å². The van der Waals surface area contributed by atoms with Crippen LogP contribution in [0, 0.1) is 5.41 Å². The third kappa shape index (κ3) is 2.41. The van der Waals surface area contributed by atoms with Crippen LogP contribution in [0.3, 0.4) is 0 Å². The summed E-state index contributed by atoms with van der Waals surface area (Å²) < 4.78 is 5.37. The van der Waals surface area contributed by atoms with Gasteiger partial charge in [-0.2, -0.15) is 0 Å². The van der Waals surface area contributed by atoms with Crippen molar-refractivity contribution in [2.75, 3.05) is 12.5 Å². The first-order valence-electron chi connectivity index (χ1n) is 6.25. The second kappa shape index (κ2) is 5.14. The predicted octanol–water partition coefficient (Wildman–Crippen LogP) is 0.910. The second-order valence-electron chi connectivity index (χ2n) is 5.37. The molecular formula is C13H20N4O2. The highest BCUT2D eigenvalue weighted by atomic mass is 16.5. The first-order valence-corrected chi connectivity index (χ1v) is 6.25. The van der Waals surface area contributed by atoms with Crippen LogP contribution < -0.4 is 16.6 Å². The lowest BCUT2D eigenvalue weighted by Crippen LogP contribution is -2.61. The SMILES string of the molecule is COC1CC(NC(=O)c2ccncc2NN)C1(C)C. The fraction of sp³-hybridized carbons (Fsp3) is 0.538. The van der Waals surface area contributed by atoms with Gasteiger partial charge in [0.2, 0.25) is 0 Å². The number of aromatic nitrogens is 1. The Balaban J connectivity index is 2.07. The molecule has 2 unspecified atom stereocenters. The van der Waals surface area contributed by atoms with Crippen molar-refractivity contribution >= 4 is 11.6 Å². The molecule has 4 N–H and O–H groups in total. The van der Waals surface area contributed by atoms with Crippen LogP contribution in [0.15, 0.2) is 18.5 Å². The van der Waals surface area contributed by atoms with Crippen molar-refractivity contribution in [1.82, 2.24) is 10.3 Å². The zero-order valence-electron chi connectivity index (χ0n) is 11.4. The van der Waals surface area contributed by atoms with Gasteiger partial charge in [-0.25, -0.2) is 0 Å². The van der Waals surface area contributed by atoms with Gasteiger partial charge in [-0.3, -0.25) is 15.6 Å². The average Bonchev–Trinajstić information content (AvgIpc) is 2.42. The maximum absolute atomic E-state index is 12.2. The number of nitrogen functional groups attached to an aromatic ring is 1. The highest BCUT2D eigenvalue weighted by molar-refractivity contribution is 5.99. The topological polar surface area (TPSA) is 89.3 Å². The van der Waals surface area contributed by atoms with Gasteiger partial charge in [-0.1, -0.05) is 13.8 Å². The van der Waals surface area contributed by atoms with E-state index >= 15 is 0 Å². The minimum absolute atomic E-state index is 0.0618. The summed E-state index contributed by atoms with van der Waals surface area (Å²) >= 11 is 0. The molecule has 1 fully saturated rings. The van der Waals surface area contributed by atoms with E-state index in [2.05, 4.69) is 29.6 Å². The van der Waals surface area contributed by atoms with Crippen molar-refractivity contribution in [2.45, 2.75) is 32.4 Å². The molecule has 1 amide bonds. The van der Waals surface area contributed by atoms with Gasteiger partial charge in [0.15, 0.2) is 0 Å². The van der Waals surface area contributed by atoms with Crippen molar-refractivity contribution in [3.05, 3.63) is 24.0 Å². The Morgan fingerprint density at radius 2 is 2.32 bits per heavy atom. The lowest BCUT2D eigenvalue weighted by Gasteiger charge is -2.51. The number of nitrogens with two attached hydrogens (primary N) is 1. The standard InChI is InChI=1S/C13H20N4O2/c1-13(2)10(6-11(13)19-3)16-12(18)8-4-5-15-7-9(8)17-14/h4-5,7,10-11,17H,6,14H2,1-3H3,(H,16,18). The number of nitrogens with one attached hydrogen (secondary N) is 2. The Hall–Kier alpha value is -1.66. The quantitative estimate of drug-likeness (QED) is 0.555. The van der Waals surface area contributed by atoms with Crippen molar-refractivity contribution in [3.63, 3.8) is 0 Å². The number of carbonyl (C=O) groups excluding carboxylic acids is 1. The summed E-state index contributed by atoms with van der Waals surface area (Å²) in [5.41, 5.74) is 3.43. The molecule has 6 heteroatoms. The van der Waals surface area contributed by atoms with E-state index < -0.39 is 0 Å². The summed E-state index contributed by atoms with van der Waals surface area (Å²) in [7, 11) is 1.70. The summed E-state index contributed by atoms with van der Waals surface area (Å²) in [5, 5.41) is 3.02. The van der Waals surface area contributed by atoms with Crippen LogP contribution in [0.25, 0.3) is 0 Å². The Kier molecular flexibility index (Phi) is 3.73. The van der Waals surface area contributed by atoms with Gasteiger partial charge in [0, 0.05) is 24.8 Å². The van der Waals surface area contributed by atoms with E-state index in [1.54, 1.807) is 19.4 Å². The number of hydrazine groups is 1. The fourth-order valence-electron chi connectivity index (χ4n) is 2.47. The van der Waals surface area contributed by atoms with Crippen LogP contribution in [0.5, 0.6) is 0 Å². The molecule has 0 aliphatic heterocycles. The highest BCUT2D eigenvalue weighted by Crippen LogP contribution is 2.42. The maximum atomic E-state index is 12.2. The van der Waals surface area contributed by atoms with Crippen LogP contribution >= 0.6 is 0 Å². The summed E-state index contributed by atoms with van der Waals surface area (Å²) in [6, 6.07) is 1.74. The third-order valence-corrected chi connectivity index (χ3v) is 3.99. The van der Waals surface area contributed by atoms with Gasteiger partial charge in [0.05, 0.1) is 23.6 Å². The Bertz CT molecular complexity index is 475. The van der Waals surface area contributed by atoms with Crippen LogP contribution in [-0.4, -0.2) is 30.1 Å². The number of amides is 1. The molecule has 6 nitrogen and oxygen atoms in total. The lowest BCUT2D eigenvalue weighted by molar-refractivity contribution is -0.0942. The molecule has 0 saturated heterocycles. The zero-order chi connectivity index (χ0) is 14.0. The minimum Gasteiger partial charge on any atom is -0.381 e. The van der Waals surface area contributed by atoms with Crippen LogP contribution in [0.2, 0.25) is 0 Å². The number of nitrogens with zero attached hydrogens (tertiary/aromatic N) is 1. The molecule has 1 aliphatic carbocycles. The summed E-state index contributed by atoms with van der Waals surface area (Å²) in [6.07, 6.45) is 4.10. The van der Waals surface area contributed by atoms with Gasteiger partial charge in [0.1, 0.15) is 0 Å². The molecule has 19 heavy (non-hydrogen) atoms. The molecule has 1 aromatic heterocycles. The molecule has 0 bridgehead atoms. The van der Waals surface area contributed by atoms with Gasteiger partial charge >= 0.3 is 0 Å². The molecule has 1 saturated carbocycles. The lowest BCUT2D eigenvalue weighted by atomic mass is 9.64. The predicted molar refractivity (Wildman–Crippen MR) is 72.5 cm³/mol. The largest absolute Gasteiger partial charge is 0.381 e. The zero-order valence-corrected chi connectivity index (χ0v) is 11.4. The monoisotopic (exact) mass is 264 g/mol. The molecule has 0 spiro atoms. The van der Waals surface area contributed by atoms with Crippen molar-refractivity contribution in [3.8, 4) is 0 Å². The molecule has 2 rings (SSSR count). The fourth-order valence-corrected chi connectivity index (χ4v) is 2.47. The summed E-state index contributed by atoms with van der Waals surface area (Å²) in [4.78, 5) is 16.2. The van der Waals surface area contributed by atoms with Crippen molar-refractivity contribution in [1.29, 1.82) is 0 Å². The molecular weight excluding hydrogens is 244 g/mol. The van der Waals surface area contributed by atoms with E-state index in [9.17, 15) is 4.79 Å². The Labute approximate surface area is 112 Å². The number of pyridine rings is 1. The average molecular weight is 264 g/mol. The normalized spacial score (nSPS) is 24.4. The summed E-state index contributed by atoms with van der Waals surface area (Å²) in [6.45, 7) is 4.18. The summed E-state index contributed by atoms with van der Waals surface area (Å²) in [5.74, 6) is 5.22. The van der Waals surface area contributed by atoms with E-state index in [0.717, 1.165) is 6.42 Å². The molecule has 1 aliphatic rings. The smallest absolute Gasteiger partial charge is 0.253 e. The first-order chi connectivity index (χ1) is 9.00. The van der Waals surface area contributed by atoms with Crippen LogP contribution in [-0.2, 0) is 4.74 Å². The second-order valence-corrected chi connectivity index (χ2v) is 5.37. The van der Waals surface area contributed by atoms with E-state index in [-0.39, 0.29) is 23.5 Å². The Morgan fingerprint density at radius 1 is 1.58 bits per heavy atom. The molecule has 2 atom stereocenters. The Morgan fingerprint density at radius 3 is 2.89 bits per heavy atom. The van der Waals surface area contributed by atoms with Crippen molar-refractivity contribution in [2.24, 2.45) is 11.3 Å². The molecule has 104 valence electrons. The number of carbonyl (C=O) groups is 1. The van der Waals surface area contributed by atoms with E-state index in [1.165, 1.54) is 6.20 Å². The molecule has 0 aromatic carbocycles. The number of hydrogen-bond acceptors (Lipinski definition) is 5. The first kappa shape index (κ1) is 13.8. The minimum atomic E-state index is -0.150. The van der Waals surface area contributed by atoms with Gasteiger partial charge in [0.25, 0.3) is 5.91 Å². The van der Waals surface area contributed by atoms with Crippen molar-refractivity contribution < 1.29 is 9.53 Å². The number of methoxy groups -OCH3 is 1. The molecule has 0 radical (unpaired) electrons.